The van der Waals surface area contributed by atoms with Crippen LogP contribution in [0.2, 0.25) is 0 Å². The number of alkyl carbamates (subject to hydrolysis) is 1. The molecule has 1 aliphatic rings. The van der Waals surface area contributed by atoms with E-state index in [1.807, 2.05) is 20.8 Å². The molecular formula is C22H32N4O5. The van der Waals surface area contributed by atoms with Crippen molar-refractivity contribution in [3.05, 3.63) is 28.7 Å². The number of nitrogens with zero attached hydrogens (tertiary/aromatic N) is 3. The number of nitrogens with one attached hydrogen (secondary N) is 1. The summed E-state index contributed by atoms with van der Waals surface area (Å²) in [4.78, 5) is 31.0. The van der Waals surface area contributed by atoms with E-state index >= 15 is 0 Å². The minimum absolute atomic E-state index is 0.0835. The SMILES string of the molecule is COc1cc2ncc(=O)n(CCN3CCC(OC(=O)NC(C)(C)C)CC3)c2cc1OC. The van der Waals surface area contributed by atoms with Crippen LogP contribution in [0.25, 0.3) is 11.0 Å². The highest BCUT2D eigenvalue weighted by Gasteiger charge is 2.24. The second-order valence-electron chi connectivity index (χ2n) is 8.77. The minimum Gasteiger partial charge on any atom is -0.493 e. The van der Waals surface area contributed by atoms with Gasteiger partial charge in [-0.05, 0) is 33.6 Å². The van der Waals surface area contributed by atoms with E-state index in [4.69, 9.17) is 14.2 Å². The number of rotatable bonds is 6. The lowest BCUT2D eigenvalue weighted by molar-refractivity contribution is 0.0464. The fourth-order valence-corrected chi connectivity index (χ4v) is 3.70. The summed E-state index contributed by atoms with van der Waals surface area (Å²) in [6, 6.07) is 3.56. The number of hydrogen-bond donors (Lipinski definition) is 1. The Labute approximate surface area is 182 Å². The maximum atomic E-state index is 12.5. The molecule has 9 nitrogen and oxygen atoms in total. The van der Waals surface area contributed by atoms with Gasteiger partial charge in [0, 0.05) is 43.9 Å². The average molecular weight is 433 g/mol. The topological polar surface area (TPSA) is 94.9 Å². The normalized spacial score (nSPS) is 15.6. The molecule has 0 radical (unpaired) electrons. The average Bonchev–Trinajstić information content (AvgIpc) is 2.71. The van der Waals surface area contributed by atoms with E-state index < -0.39 is 0 Å². The van der Waals surface area contributed by atoms with Crippen molar-refractivity contribution in [1.82, 2.24) is 19.8 Å². The van der Waals surface area contributed by atoms with Crippen molar-refractivity contribution >= 4 is 17.1 Å². The molecule has 0 bridgehead atoms. The van der Waals surface area contributed by atoms with Gasteiger partial charge in [0.05, 0.1) is 31.4 Å². The summed E-state index contributed by atoms with van der Waals surface area (Å²) in [6.07, 6.45) is 2.43. The zero-order chi connectivity index (χ0) is 22.6. The number of carbonyl (C=O) groups excluding carboxylic acids is 1. The summed E-state index contributed by atoms with van der Waals surface area (Å²) >= 11 is 0. The van der Waals surface area contributed by atoms with Crippen molar-refractivity contribution in [3.8, 4) is 11.5 Å². The van der Waals surface area contributed by atoms with E-state index in [9.17, 15) is 9.59 Å². The molecule has 2 heterocycles. The Kier molecular flexibility index (Phi) is 7.04. The minimum atomic E-state index is -0.370. The number of aromatic nitrogens is 2. The van der Waals surface area contributed by atoms with Gasteiger partial charge in [0.15, 0.2) is 11.5 Å². The van der Waals surface area contributed by atoms with Crippen LogP contribution >= 0.6 is 0 Å². The monoisotopic (exact) mass is 432 g/mol. The third-order valence-electron chi connectivity index (χ3n) is 5.28. The van der Waals surface area contributed by atoms with Gasteiger partial charge in [0.1, 0.15) is 6.10 Å². The van der Waals surface area contributed by atoms with E-state index in [0.29, 0.717) is 35.6 Å². The second-order valence-corrected chi connectivity index (χ2v) is 8.77. The number of likely N-dealkylation sites (tertiary alicyclic amines) is 1. The van der Waals surface area contributed by atoms with Gasteiger partial charge in [0.25, 0.3) is 5.56 Å². The summed E-state index contributed by atoms with van der Waals surface area (Å²) in [7, 11) is 3.14. The highest BCUT2D eigenvalue weighted by molar-refractivity contribution is 5.79. The molecule has 1 saturated heterocycles. The Bertz CT molecular complexity index is 974. The first kappa shape index (κ1) is 22.9. The third-order valence-corrected chi connectivity index (χ3v) is 5.28. The van der Waals surface area contributed by atoms with Crippen molar-refractivity contribution in [1.29, 1.82) is 0 Å². The van der Waals surface area contributed by atoms with Crippen LogP contribution in [0.1, 0.15) is 33.6 Å². The number of fused-ring (bicyclic) bond motifs is 1. The molecule has 31 heavy (non-hydrogen) atoms. The molecule has 1 aromatic carbocycles. The number of hydrogen-bond acceptors (Lipinski definition) is 7. The Morgan fingerprint density at radius 3 is 2.39 bits per heavy atom. The molecule has 1 amide bonds. The van der Waals surface area contributed by atoms with Crippen LogP contribution in [0.3, 0.4) is 0 Å². The first-order valence-corrected chi connectivity index (χ1v) is 10.5. The van der Waals surface area contributed by atoms with Gasteiger partial charge in [-0.15, -0.1) is 0 Å². The molecule has 3 rings (SSSR count). The van der Waals surface area contributed by atoms with Gasteiger partial charge in [-0.25, -0.2) is 9.78 Å². The Morgan fingerprint density at radius 1 is 1.13 bits per heavy atom. The van der Waals surface area contributed by atoms with Crippen LogP contribution in [-0.2, 0) is 11.3 Å². The highest BCUT2D eigenvalue weighted by atomic mass is 16.6. The van der Waals surface area contributed by atoms with Crippen molar-refractivity contribution in [2.75, 3.05) is 33.9 Å². The maximum absolute atomic E-state index is 12.5. The van der Waals surface area contributed by atoms with Crippen LogP contribution in [0, 0.1) is 0 Å². The summed E-state index contributed by atoms with van der Waals surface area (Å²) in [5, 5.41) is 2.83. The smallest absolute Gasteiger partial charge is 0.407 e. The third kappa shape index (κ3) is 5.88. The van der Waals surface area contributed by atoms with Crippen molar-refractivity contribution in [2.24, 2.45) is 0 Å². The van der Waals surface area contributed by atoms with Crippen LogP contribution in [0.15, 0.2) is 23.1 Å². The predicted octanol–water partition coefficient (Wildman–Crippen LogP) is 2.40. The molecule has 1 aliphatic heterocycles. The van der Waals surface area contributed by atoms with Gasteiger partial charge >= 0.3 is 6.09 Å². The predicted molar refractivity (Wildman–Crippen MR) is 118 cm³/mol. The Balaban J connectivity index is 1.61. The van der Waals surface area contributed by atoms with Crippen LogP contribution in [0.4, 0.5) is 4.79 Å². The van der Waals surface area contributed by atoms with Gasteiger partial charge in [-0.3, -0.25) is 4.79 Å². The summed E-state index contributed by atoms with van der Waals surface area (Å²) in [5.41, 5.74) is 0.915. The van der Waals surface area contributed by atoms with Crippen LogP contribution in [-0.4, -0.2) is 66.0 Å². The zero-order valence-electron chi connectivity index (χ0n) is 18.9. The highest BCUT2D eigenvalue weighted by Crippen LogP contribution is 2.30. The van der Waals surface area contributed by atoms with Crippen LogP contribution in [0.5, 0.6) is 11.5 Å². The zero-order valence-corrected chi connectivity index (χ0v) is 18.9. The summed E-state index contributed by atoms with van der Waals surface area (Å²) in [6.45, 7) is 8.64. The van der Waals surface area contributed by atoms with Gasteiger partial charge < -0.3 is 29.0 Å². The van der Waals surface area contributed by atoms with Gasteiger partial charge in [0.2, 0.25) is 0 Å². The fourth-order valence-electron chi connectivity index (χ4n) is 3.70. The first-order valence-electron chi connectivity index (χ1n) is 10.5. The molecule has 0 atom stereocenters. The quantitative estimate of drug-likeness (QED) is 0.749. The van der Waals surface area contributed by atoms with Crippen molar-refractivity contribution < 1.29 is 19.0 Å². The Morgan fingerprint density at radius 2 is 1.77 bits per heavy atom. The van der Waals surface area contributed by atoms with Gasteiger partial charge in [-0.1, -0.05) is 0 Å². The second kappa shape index (κ2) is 9.55. The largest absolute Gasteiger partial charge is 0.493 e. The molecule has 0 spiro atoms. The Hall–Kier alpha value is -2.81. The molecule has 0 saturated carbocycles. The first-order chi connectivity index (χ1) is 14.7. The molecule has 0 unspecified atom stereocenters. The molecule has 1 fully saturated rings. The number of ether oxygens (including phenoxy) is 3. The van der Waals surface area contributed by atoms with Gasteiger partial charge in [-0.2, -0.15) is 0 Å². The fraction of sp³-hybridized carbons (Fsp3) is 0.591. The summed E-state index contributed by atoms with van der Waals surface area (Å²) in [5.74, 6) is 1.13. The van der Waals surface area contributed by atoms with Crippen LogP contribution < -0.4 is 20.3 Å². The maximum Gasteiger partial charge on any atom is 0.407 e. The lowest BCUT2D eigenvalue weighted by Gasteiger charge is -2.32. The number of amides is 1. The molecule has 1 N–H and O–H groups in total. The lowest BCUT2D eigenvalue weighted by Crippen LogP contribution is -2.45. The van der Waals surface area contributed by atoms with E-state index in [2.05, 4.69) is 15.2 Å². The molecular weight excluding hydrogens is 400 g/mol. The number of piperidine rings is 1. The van der Waals surface area contributed by atoms with E-state index in [1.54, 1.807) is 30.9 Å². The molecule has 2 aromatic rings. The molecule has 170 valence electrons. The van der Waals surface area contributed by atoms with Crippen molar-refractivity contribution in [3.63, 3.8) is 0 Å². The van der Waals surface area contributed by atoms with E-state index in [1.165, 1.54) is 6.20 Å². The summed E-state index contributed by atoms with van der Waals surface area (Å²) < 4.78 is 18.0. The molecule has 0 aliphatic carbocycles. The molecule has 9 heteroatoms. The lowest BCUT2D eigenvalue weighted by atomic mass is 10.1. The number of carbonyl (C=O) groups is 1. The standard InChI is InChI=1S/C22H32N4O5/c1-22(2,3)24-21(28)31-15-6-8-25(9-7-15)10-11-26-17-13-19(30-5)18(29-4)12-16(17)23-14-20(26)27/h12-15H,6-11H2,1-5H3,(H,24,28). The van der Waals surface area contributed by atoms with Crippen molar-refractivity contribution in [2.45, 2.75) is 51.8 Å². The van der Waals surface area contributed by atoms with E-state index in [0.717, 1.165) is 25.9 Å². The molecule has 1 aromatic heterocycles. The number of methoxy groups -OCH3 is 2. The van der Waals surface area contributed by atoms with E-state index in [-0.39, 0.29) is 23.3 Å². The number of benzene rings is 1.